The van der Waals surface area contributed by atoms with Crippen LogP contribution in [-0.4, -0.2) is 11.4 Å². The van der Waals surface area contributed by atoms with Crippen LogP contribution in [-0.2, 0) is 0 Å². The molecule has 3 nitrogen and oxygen atoms in total. The standard InChI is InChI=1S/C14H8ClNO2/c15-13-5-4-9(6-11(13)7-16)12-3-1-2-10(8-17)14(12)18/h1-6,8,18H. The van der Waals surface area contributed by atoms with Crippen molar-refractivity contribution in [2.75, 3.05) is 0 Å². The molecule has 0 bridgehead atoms. The molecule has 0 fully saturated rings. The van der Waals surface area contributed by atoms with E-state index in [1.54, 1.807) is 30.3 Å². The summed E-state index contributed by atoms with van der Waals surface area (Å²) in [7, 11) is 0. The first-order chi connectivity index (χ1) is 8.67. The maximum absolute atomic E-state index is 10.8. The van der Waals surface area contributed by atoms with Crippen molar-refractivity contribution in [3.8, 4) is 22.9 Å². The molecule has 88 valence electrons. The molecule has 2 aromatic carbocycles. The Morgan fingerprint density at radius 3 is 2.72 bits per heavy atom. The van der Waals surface area contributed by atoms with E-state index < -0.39 is 0 Å². The Morgan fingerprint density at radius 2 is 2.06 bits per heavy atom. The van der Waals surface area contributed by atoms with E-state index in [1.807, 2.05) is 6.07 Å². The number of phenolic OH excluding ortho intramolecular Hbond substituents is 1. The van der Waals surface area contributed by atoms with Gasteiger partial charge < -0.3 is 5.11 Å². The molecule has 0 aromatic heterocycles. The maximum Gasteiger partial charge on any atom is 0.153 e. The summed E-state index contributed by atoms with van der Waals surface area (Å²) < 4.78 is 0. The van der Waals surface area contributed by atoms with Gasteiger partial charge in [0, 0.05) is 5.56 Å². The van der Waals surface area contributed by atoms with Gasteiger partial charge in [-0.25, -0.2) is 0 Å². The molecule has 0 saturated carbocycles. The van der Waals surface area contributed by atoms with Crippen molar-refractivity contribution < 1.29 is 9.90 Å². The topological polar surface area (TPSA) is 61.1 Å². The lowest BCUT2D eigenvalue weighted by molar-refractivity contribution is 0.112. The van der Waals surface area contributed by atoms with Gasteiger partial charge in [0.25, 0.3) is 0 Å². The third-order valence-corrected chi connectivity index (χ3v) is 2.92. The van der Waals surface area contributed by atoms with Crippen molar-refractivity contribution in [2.45, 2.75) is 0 Å². The fourth-order valence-electron chi connectivity index (χ4n) is 1.67. The summed E-state index contributed by atoms with van der Waals surface area (Å²) in [5, 5.41) is 19.2. The molecule has 0 aliphatic carbocycles. The van der Waals surface area contributed by atoms with Gasteiger partial charge in [0.15, 0.2) is 6.29 Å². The zero-order valence-corrected chi connectivity index (χ0v) is 9.98. The fourth-order valence-corrected chi connectivity index (χ4v) is 1.83. The number of nitrogens with zero attached hydrogens (tertiary/aromatic N) is 1. The molecular formula is C14H8ClNO2. The minimum absolute atomic E-state index is 0.0984. The summed E-state index contributed by atoms with van der Waals surface area (Å²) in [5.74, 6) is -0.0984. The first-order valence-corrected chi connectivity index (χ1v) is 5.52. The highest BCUT2D eigenvalue weighted by Gasteiger charge is 2.10. The number of carbonyl (C=O) groups excluding carboxylic acids is 1. The Kier molecular flexibility index (Phi) is 3.31. The molecule has 1 N–H and O–H groups in total. The van der Waals surface area contributed by atoms with Crippen LogP contribution in [0, 0.1) is 11.3 Å². The normalized spacial score (nSPS) is 9.78. The molecular weight excluding hydrogens is 250 g/mol. The number of rotatable bonds is 2. The lowest BCUT2D eigenvalue weighted by Crippen LogP contribution is -1.87. The summed E-state index contributed by atoms with van der Waals surface area (Å²) in [6.45, 7) is 0. The molecule has 2 rings (SSSR count). The average Bonchev–Trinajstić information content (AvgIpc) is 2.40. The van der Waals surface area contributed by atoms with Crippen LogP contribution in [0.3, 0.4) is 0 Å². The summed E-state index contributed by atoms with van der Waals surface area (Å²) in [5.41, 5.74) is 1.66. The Balaban J connectivity index is 2.63. The predicted octanol–water partition coefficient (Wildman–Crippen LogP) is 3.40. The number of hydrogen-bond donors (Lipinski definition) is 1. The number of carbonyl (C=O) groups is 1. The number of aromatic hydroxyl groups is 1. The molecule has 4 heteroatoms. The minimum atomic E-state index is -0.0984. The molecule has 0 aliphatic rings. The second-order valence-electron chi connectivity index (χ2n) is 3.67. The van der Waals surface area contributed by atoms with Gasteiger partial charge in [-0.05, 0) is 23.8 Å². The van der Waals surface area contributed by atoms with Crippen LogP contribution in [0.2, 0.25) is 5.02 Å². The van der Waals surface area contributed by atoms with Crippen LogP contribution in [0.15, 0.2) is 36.4 Å². The summed E-state index contributed by atoms with van der Waals surface area (Å²) in [4.78, 5) is 10.8. The van der Waals surface area contributed by atoms with Crippen LogP contribution in [0.1, 0.15) is 15.9 Å². The Bertz CT molecular complexity index is 659. The van der Waals surface area contributed by atoms with Crippen LogP contribution in [0.25, 0.3) is 11.1 Å². The van der Waals surface area contributed by atoms with Gasteiger partial charge in [0.1, 0.15) is 11.8 Å². The minimum Gasteiger partial charge on any atom is -0.507 e. The van der Waals surface area contributed by atoms with E-state index in [2.05, 4.69) is 0 Å². The van der Waals surface area contributed by atoms with Crippen molar-refractivity contribution in [1.82, 2.24) is 0 Å². The van der Waals surface area contributed by atoms with Gasteiger partial charge in [-0.2, -0.15) is 5.26 Å². The molecule has 0 amide bonds. The second kappa shape index (κ2) is 4.91. The van der Waals surface area contributed by atoms with E-state index in [0.717, 1.165) is 0 Å². The van der Waals surface area contributed by atoms with Gasteiger partial charge in [-0.15, -0.1) is 0 Å². The van der Waals surface area contributed by atoms with Crippen molar-refractivity contribution in [2.24, 2.45) is 0 Å². The molecule has 0 atom stereocenters. The Labute approximate surface area is 109 Å². The zero-order chi connectivity index (χ0) is 13.1. The largest absolute Gasteiger partial charge is 0.507 e. The molecule has 0 aliphatic heterocycles. The molecule has 18 heavy (non-hydrogen) atoms. The van der Waals surface area contributed by atoms with E-state index >= 15 is 0 Å². The molecule has 0 saturated heterocycles. The van der Waals surface area contributed by atoms with E-state index in [9.17, 15) is 9.90 Å². The summed E-state index contributed by atoms with van der Waals surface area (Å²) >= 11 is 5.84. The van der Waals surface area contributed by atoms with Gasteiger partial charge in [0.05, 0.1) is 16.1 Å². The fraction of sp³-hybridized carbons (Fsp3) is 0. The maximum atomic E-state index is 10.8. The number of hydrogen-bond acceptors (Lipinski definition) is 3. The van der Waals surface area contributed by atoms with Crippen LogP contribution in [0.5, 0.6) is 5.75 Å². The number of benzene rings is 2. The Morgan fingerprint density at radius 1 is 1.28 bits per heavy atom. The SMILES string of the molecule is N#Cc1cc(-c2cccc(C=O)c2O)ccc1Cl. The predicted molar refractivity (Wildman–Crippen MR) is 68.7 cm³/mol. The molecule has 0 unspecified atom stereocenters. The van der Waals surface area contributed by atoms with Crippen LogP contribution >= 0.6 is 11.6 Å². The number of para-hydroxylation sites is 1. The zero-order valence-electron chi connectivity index (χ0n) is 9.22. The van der Waals surface area contributed by atoms with Gasteiger partial charge in [-0.3, -0.25) is 4.79 Å². The molecule has 2 aromatic rings. The molecule has 0 spiro atoms. The first-order valence-electron chi connectivity index (χ1n) is 5.14. The average molecular weight is 258 g/mol. The number of nitriles is 1. The van der Waals surface area contributed by atoms with E-state index in [-0.39, 0.29) is 11.3 Å². The van der Waals surface area contributed by atoms with Crippen molar-refractivity contribution >= 4 is 17.9 Å². The van der Waals surface area contributed by atoms with E-state index in [0.29, 0.717) is 28.0 Å². The van der Waals surface area contributed by atoms with Gasteiger partial charge in [-0.1, -0.05) is 29.8 Å². The van der Waals surface area contributed by atoms with Crippen molar-refractivity contribution in [3.05, 3.63) is 52.5 Å². The third-order valence-electron chi connectivity index (χ3n) is 2.59. The number of halogens is 1. The van der Waals surface area contributed by atoms with Crippen LogP contribution in [0.4, 0.5) is 0 Å². The summed E-state index contributed by atoms with van der Waals surface area (Å²) in [6, 6.07) is 11.7. The van der Waals surface area contributed by atoms with Gasteiger partial charge in [0.2, 0.25) is 0 Å². The molecule has 0 radical (unpaired) electrons. The quantitative estimate of drug-likeness (QED) is 0.839. The second-order valence-corrected chi connectivity index (χ2v) is 4.07. The number of phenols is 1. The number of aldehydes is 1. The Hall–Kier alpha value is -2.31. The summed E-state index contributed by atoms with van der Waals surface area (Å²) in [6.07, 6.45) is 0.583. The highest BCUT2D eigenvalue weighted by atomic mass is 35.5. The monoisotopic (exact) mass is 257 g/mol. The highest BCUT2D eigenvalue weighted by molar-refractivity contribution is 6.31. The lowest BCUT2D eigenvalue weighted by Gasteiger charge is -2.07. The van der Waals surface area contributed by atoms with Gasteiger partial charge >= 0.3 is 0 Å². The molecule has 0 heterocycles. The van der Waals surface area contributed by atoms with E-state index in [1.165, 1.54) is 6.07 Å². The van der Waals surface area contributed by atoms with Crippen molar-refractivity contribution in [1.29, 1.82) is 5.26 Å². The highest BCUT2D eigenvalue weighted by Crippen LogP contribution is 2.33. The van der Waals surface area contributed by atoms with E-state index in [4.69, 9.17) is 16.9 Å². The lowest BCUT2D eigenvalue weighted by atomic mass is 10.0. The van der Waals surface area contributed by atoms with Crippen molar-refractivity contribution in [3.63, 3.8) is 0 Å². The smallest absolute Gasteiger partial charge is 0.153 e. The van der Waals surface area contributed by atoms with Crippen LogP contribution < -0.4 is 0 Å². The third kappa shape index (κ3) is 2.06. The first kappa shape index (κ1) is 12.2.